The lowest BCUT2D eigenvalue weighted by atomic mass is 10.3. The maximum atomic E-state index is 10.8. The Kier molecular flexibility index (Phi) is 5.58. The molecule has 0 saturated heterocycles. The van der Waals surface area contributed by atoms with Crippen LogP contribution in [0.2, 0.25) is 0 Å². The molecule has 7 nitrogen and oxygen atoms in total. The summed E-state index contributed by atoms with van der Waals surface area (Å²) in [6.45, 7) is 2.04. The Hall–Kier alpha value is -1.32. The third-order valence-corrected chi connectivity index (χ3v) is 4.09. The molecule has 0 aromatic heterocycles. The number of ether oxygens (including phenoxy) is 1. The van der Waals surface area contributed by atoms with E-state index in [2.05, 4.69) is 0 Å². The Morgan fingerprint density at radius 1 is 1.47 bits per heavy atom. The average Bonchev–Trinajstić information content (AvgIpc) is 2.27. The van der Waals surface area contributed by atoms with Gasteiger partial charge in [0.25, 0.3) is 0 Å². The number of hydrogen-bond donors (Lipinski definition) is 1. The monoisotopic (exact) mass is 306 g/mol. The largest absolute Gasteiger partial charge is 0.487 e. The van der Waals surface area contributed by atoms with Gasteiger partial charge in [-0.05, 0) is 13.0 Å². The molecule has 19 heavy (non-hydrogen) atoms. The molecular formula is C10H14N2O5S2. The normalized spacial score (nSPS) is 11.3. The fourth-order valence-electron chi connectivity index (χ4n) is 1.28. The van der Waals surface area contributed by atoms with Gasteiger partial charge in [0, 0.05) is 22.8 Å². The van der Waals surface area contributed by atoms with Crippen LogP contribution in [0.15, 0.2) is 23.1 Å². The minimum atomic E-state index is -3.50. The molecule has 0 aliphatic rings. The van der Waals surface area contributed by atoms with Crippen molar-refractivity contribution < 1.29 is 18.1 Å². The van der Waals surface area contributed by atoms with E-state index in [0.717, 1.165) is 0 Å². The predicted molar refractivity (Wildman–Crippen MR) is 73.0 cm³/mol. The van der Waals surface area contributed by atoms with E-state index in [1.54, 1.807) is 13.0 Å². The number of rotatable bonds is 7. The van der Waals surface area contributed by atoms with E-state index in [0.29, 0.717) is 11.5 Å². The molecule has 0 aliphatic carbocycles. The number of nitro groups is 1. The number of nitrogens with zero attached hydrogens (tertiary/aromatic N) is 1. The molecule has 0 unspecified atom stereocenters. The lowest BCUT2D eigenvalue weighted by Gasteiger charge is -2.06. The van der Waals surface area contributed by atoms with Crippen molar-refractivity contribution in [1.82, 2.24) is 0 Å². The fraction of sp³-hybridized carbons (Fsp3) is 0.400. The maximum absolute atomic E-state index is 10.8. The molecule has 9 heteroatoms. The summed E-state index contributed by atoms with van der Waals surface area (Å²) in [5, 5.41) is 15.7. The number of primary sulfonamides is 1. The lowest BCUT2D eigenvalue weighted by Crippen LogP contribution is -2.17. The third kappa shape index (κ3) is 5.45. The van der Waals surface area contributed by atoms with Crippen LogP contribution >= 0.6 is 11.8 Å². The molecule has 2 N–H and O–H groups in total. The number of benzene rings is 1. The van der Waals surface area contributed by atoms with Crippen molar-refractivity contribution in [3.8, 4) is 5.75 Å². The number of sulfonamides is 1. The zero-order chi connectivity index (χ0) is 14.5. The van der Waals surface area contributed by atoms with Crippen LogP contribution in [0.1, 0.15) is 6.92 Å². The van der Waals surface area contributed by atoms with E-state index >= 15 is 0 Å². The summed E-state index contributed by atoms with van der Waals surface area (Å²) < 4.78 is 26.8. The van der Waals surface area contributed by atoms with Gasteiger partial charge in [-0.15, -0.1) is 11.8 Å². The van der Waals surface area contributed by atoms with E-state index in [4.69, 9.17) is 9.88 Å². The van der Waals surface area contributed by atoms with Crippen molar-refractivity contribution in [2.75, 3.05) is 18.1 Å². The van der Waals surface area contributed by atoms with Gasteiger partial charge in [-0.25, -0.2) is 13.6 Å². The van der Waals surface area contributed by atoms with E-state index in [1.807, 2.05) is 0 Å². The predicted octanol–water partition coefficient (Wildman–Crippen LogP) is 1.37. The highest BCUT2D eigenvalue weighted by Crippen LogP contribution is 2.32. The van der Waals surface area contributed by atoms with Crippen molar-refractivity contribution >= 4 is 27.5 Å². The van der Waals surface area contributed by atoms with Gasteiger partial charge in [-0.1, -0.05) is 0 Å². The summed E-state index contributed by atoms with van der Waals surface area (Å²) in [6.07, 6.45) is 0. The Balaban J connectivity index is 2.81. The second kappa shape index (κ2) is 6.73. The van der Waals surface area contributed by atoms with E-state index < -0.39 is 14.9 Å². The second-order valence-corrected chi connectivity index (χ2v) is 6.44. The van der Waals surface area contributed by atoms with E-state index in [-0.39, 0.29) is 22.9 Å². The molecule has 0 bridgehead atoms. The molecule has 1 aromatic carbocycles. The zero-order valence-corrected chi connectivity index (χ0v) is 11.9. The molecule has 0 amide bonds. The van der Waals surface area contributed by atoms with Crippen molar-refractivity contribution in [1.29, 1.82) is 0 Å². The maximum Gasteiger partial charge on any atom is 0.310 e. The topological polar surface area (TPSA) is 113 Å². The summed E-state index contributed by atoms with van der Waals surface area (Å²) in [5.74, 6) is 0.300. The van der Waals surface area contributed by atoms with E-state index in [1.165, 1.54) is 23.9 Å². The first kappa shape index (κ1) is 15.7. The molecule has 0 fully saturated rings. The van der Waals surface area contributed by atoms with Crippen LogP contribution in [0.25, 0.3) is 0 Å². The Morgan fingerprint density at radius 3 is 2.68 bits per heavy atom. The van der Waals surface area contributed by atoms with Crippen LogP contribution in [-0.4, -0.2) is 31.5 Å². The van der Waals surface area contributed by atoms with Crippen molar-refractivity contribution in [3.63, 3.8) is 0 Å². The van der Waals surface area contributed by atoms with Gasteiger partial charge in [0.2, 0.25) is 10.0 Å². The molecule has 0 heterocycles. The Morgan fingerprint density at radius 2 is 2.16 bits per heavy atom. The SMILES string of the molecule is CCOc1cc(SCCS(N)(=O)=O)ccc1[N+](=O)[O-]. The summed E-state index contributed by atoms with van der Waals surface area (Å²) in [6, 6.07) is 4.41. The first-order valence-corrected chi connectivity index (χ1v) is 8.08. The summed E-state index contributed by atoms with van der Waals surface area (Å²) in [7, 11) is -3.50. The lowest BCUT2D eigenvalue weighted by molar-refractivity contribution is -0.385. The third-order valence-electron chi connectivity index (χ3n) is 2.06. The van der Waals surface area contributed by atoms with Crippen molar-refractivity contribution in [2.24, 2.45) is 5.14 Å². The van der Waals surface area contributed by atoms with Crippen molar-refractivity contribution in [2.45, 2.75) is 11.8 Å². The highest BCUT2D eigenvalue weighted by Gasteiger charge is 2.15. The van der Waals surface area contributed by atoms with Gasteiger partial charge in [0.1, 0.15) is 0 Å². The molecule has 0 aliphatic heterocycles. The fourth-order valence-corrected chi connectivity index (χ4v) is 3.13. The number of nitro benzene ring substituents is 1. The quantitative estimate of drug-likeness (QED) is 0.462. The smallest absolute Gasteiger partial charge is 0.310 e. The first-order valence-electron chi connectivity index (χ1n) is 5.38. The Labute approximate surface area is 115 Å². The van der Waals surface area contributed by atoms with E-state index in [9.17, 15) is 18.5 Å². The van der Waals surface area contributed by atoms with Gasteiger partial charge in [-0.3, -0.25) is 10.1 Å². The highest BCUT2D eigenvalue weighted by molar-refractivity contribution is 8.00. The summed E-state index contributed by atoms with van der Waals surface area (Å²) in [4.78, 5) is 10.9. The van der Waals surface area contributed by atoms with Gasteiger partial charge < -0.3 is 4.74 Å². The number of nitrogens with two attached hydrogens (primary N) is 1. The van der Waals surface area contributed by atoms with Crippen LogP contribution in [0, 0.1) is 10.1 Å². The van der Waals surface area contributed by atoms with Crippen LogP contribution in [0.4, 0.5) is 5.69 Å². The van der Waals surface area contributed by atoms with Gasteiger partial charge in [-0.2, -0.15) is 0 Å². The zero-order valence-electron chi connectivity index (χ0n) is 10.2. The molecular weight excluding hydrogens is 292 g/mol. The minimum absolute atomic E-state index is 0.113. The molecule has 0 saturated carbocycles. The van der Waals surface area contributed by atoms with Crippen molar-refractivity contribution in [3.05, 3.63) is 28.3 Å². The molecule has 0 spiro atoms. The second-order valence-electron chi connectivity index (χ2n) is 3.54. The highest BCUT2D eigenvalue weighted by atomic mass is 32.2. The summed E-state index contributed by atoms with van der Waals surface area (Å²) in [5.41, 5.74) is -0.113. The number of thioether (sulfide) groups is 1. The van der Waals surface area contributed by atoms with Gasteiger partial charge in [0.05, 0.1) is 17.3 Å². The Bertz CT molecular complexity index is 559. The standard InChI is InChI=1S/C10H14N2O5S2/c1-2-17-10-7-8(3-4-9(10)12(13)14)18-5-6-19(11,15)16/h3-4,7H,2,5-6H2,1H3,(H2,11,15,16). The average molecular weight is 306 g/mol. The minimum Gasteiger partial charge on any atom is -0.487 e. The molecule has 1 aromatic rings. The summed E-state index contributed by atoms with van der Waals surface area (Å²) >= 11 is 1.25. The van der Waals surface area contributed by atoms with Crippen LogP contribution < -0.4 is 9.88 Å². The van der Waals surface area contributed by atoms with Crippen LogP contribution in [0.3, 0.4) is 0 Å². The molecule has 0 radical (unpaired) electrons. The van der Waals surface area contributed by atoms with Crippen LogP contribution in [0.5, 0.6) is 5.75 Å². The first-order chi connectivity index (χ1) is 8.83. The van der Waals surface area contributed by atoms with Crippen LogP contribution in [-0.2, 0) is 10.0 Å². The molecule has 1 rings (SSSR count). The molecule has 0 atom stereocenters. The van der Waals surface area contributed by atoms with Gasteiger partial charge >= 0.3 is 5.69 Å². The van der Waals surface area contributed by atoms with Gasteiger partial charge in [0.15, 0.2) is 5.75 Å². The number of hydrogen-bond acceptors (Lipinski definition) is 6. The molecule has 106 valence electrons.